The highest BCUT2D eigenvalue weighted by atomic mass is 32.2. The lowest BCUT2D eigenvalue weighted by molar-refractivity contribution is -0.140. The zero-order valence-corrected chi connectivity index (χ0v) is 15.9. The van der Waals surface area contributed by atoms with Crippen LogP contribution in [0.3, 0.4) is 0 Å². The average molecular weight is 391 g/mol. The van der Waals surface area contributed by atoms with Crippen molar-refractivity contribution < 1.29 is 19.1 Å². The summed E-state index contributed by atoms with van der Waals surface area (Å²) in [6.07, 6.45) is 5.02. The topological polar surface area (TPSA) is 52.6 Å². The van der Waals surface area contributed by atoms with Crippen LogP contribution in [0.25, 0.3) is 0 Å². The Kier molecular flexibility index (Phi) is 8.02. The van der Waals surface area contributed by atoms with Gasteiger partial charge in [0.2, 0.25) is 0 Å². The molecular weight excluding hydrogens is 372 g/mol. The Labute approximate surface area is 155 Å². The van der Waals surface area contributed by atoms with Crippen molar-refractivity contribution in [3.05, 3.63) is 33.1 Å². The van der Waals surface area contributed by atoms with Gasteiger partial charge in [0, 0.05) is 21.3 Å². The molecule has 0 heterocycles. The van der Waals surface area contributed by atoms with Gasteiger partial charge >= 0.3 is 11.9 Å². The van der Waals surface area contributed by atoms with Crippen LogP contribution in [0.1, 0.15) is 6.42 Å². The maximum Gasteiger partial charge on any atom is 0.316 e. The lowest BCUT2D eigenvalue weighted by Crippen LogP contribution is -2.10. The van der Waals surface area contributed by atoms with Crippen LogP contribution in [-0.2, 0) is 19.1 Å². The smallest absolute Gasteiger partial charge is 0.316 e. The van der Waals surface area contributed by atoms with Crippen LogP contribution < -0.4 is 0 Å². The Bertz CT molecular complexity index is 518. The van der Waals surface area contributed by atoms with Crippen LogP contribution in [0.5, 0.6) is 0 Å². The molecule has 0 saturated heterocycles. The summed E-state index contributed by atoms with van der Waals surface area (Å²) in [5.74, 6) is 1.08. The first-order valence-electron chi connectivity index (χ1n) is 7.09. The van der Waals surface area contributed by atoms with Gasteiger partial charge in [-0.25, -0.2) is 0 Å². The molecule has 0 spiro atoms. The van der Waals surface area contributed by atoms with Gasteiger partial charge in [0.25, 0.3) is 0 Å². The van der Waals surface area contributed by atoms with Crippen LogP contribution in [0.2, 0.25) is 0 Å². The highest BCUT2D eigenvalue weighted by Gasteiger charge is 2.27. The third kappa shape index (κ3) is 5.55. The van der Waals surface area contributed by atoms with Crippen LogP contribution in [-0.4, -0.2) is 48.2 Å². The number of thioether (sulfide) groups is 2. The zero-order chi connectivity index (χ0) is 16.7. The normalized spacial score (nSPS) is 15.6. The first kappa shape index (κ1) is 18.9. The molecule has 0 aromatic heterocycles. The summed E-state index contributed by atoms with van der Waals surface area (Å²) in [5, 5.41) is 0. The van der Waals surface area contributed by atoms with Crippen molar-refractivity contribution in [2.75, 3.05) is 36.2 Å². The second-order valence-electron chi connectivity index (χ2n) is 4.68. The lowest BCUT2D eigenvalue weighted by atomic mass is 10.3. The van der Waals surface area contributed by atoms with Crippen molar-refractivity contribution >= 4 is 60.7 Å². The van der Waals surface area contributed by atoms with E-state index in [0.717, 1.165) is 16.2 Å². The van der Waals surface area contributed by atoms with Gasteiger partial charge in [-0.15, -0.1) is 23.5 Å². The number of ether oxygens (including phenoxy) is 2. The highest BCUT2D eigenvalue weighted by Crippen LogP contribution is 2.48. The number of allylic oxidation sites excluding steroid dienone is 4. The molecule has 126 valence electrons. The van der Waals surface area contributed by atoms with E-state index in [1.54, 1.807) is 0 Å². The fourth-order valence-electron chi connectivity index (χ4n) is 2.11. The third-order valence-corrected chi connectivity index (χ3v) is 5.80. The maximum atomic E-state index is 11.6. The molecule has 0 aliphatic heterocycles. The molecule has 0 atom stereocenters. The van der Waals surface area contributed by atoms with Gasteiger partial charge in [0.1, 0.15) is 13.2 Å². The number of fused-ring (bicyclic) bond motifs is 2. The van der Waals surface area contributed by atoms with Gasteiger partial charge in [-0.3, -0.25) is 9.59 Å². The molecule has 0 N–H and O–H groups in total. The zero-order valence-electron chi connectivity index (χ0n) is 12.4. The Hall–Kier alpha value is -0.440. The Morgan fingerprint density at radius 1 is 0.913 bits per heavy atom. The molecule has 2 aliphatic carbocycles. The molecule has 2 aliphatic rings. The van der Waals surface area contributed by atoms with E-state index in [9.17, 15) is 9.59 Å². The van der Waals surface area contributed by atoms with Crippen molar-refractivity contribution in [1.29, 1.82) is 0 Å². The molecule has 0 aromatic carbocycles. The van der Waals surface area contributed by atoms with Gasteiger partial charge in [0.05, 0.1) is 11.5 Å². The van der Waals surface area contributed by atoms with E-state index in [1.807, 2.05) is 0 Å². The average Bonchev–Trinajstić information content (AvgIpc) is 3.15. The number of carbonyl (C=O) groups is 2. The van der Waals surface area contributed by atoms with E-state index < -0.39 is 0 Å². The van der Waals surface area contributed by atoms with Crippen molar-refractivity contribution in [3.8, 4) is 0 Å². The minimum Gasteiger partial charge on any atom is -0.464 e. The predicted molar refractivity (Wildman–Crippen MR) is 102 cm³/mol. The van der Waals surface area contributed by atoms with E-state index in [4.69, 9.17) is 9.47 Å². The number of rotatable bonds is 10. The van der Waals surface area contributed by atoms with Gasteiger partial charge in [-0.1, -0.05) is 12.2 Å². The van der Waals surface area contributed by atoms with E-state index in [0.29, 0.717) is 24.7 Å². The van der Waals surface area contributed by atoms with E-state index in [2.05, 4.69) is 37.4 Å². The summed E-state index contributed by atoms with van der Waals surface area (Å²) in [7, 11) is 0. The Balaban J connectivity index is 1.87. The predicted octanol–water partition coefficient (Wildman–Crippen LogP) is 2.88. The maximum absolute atomic E-state index is 11.6. The summed E-state index contributed by atoms with van der Waals surface area (Å²) in [6, 6.07) is 0. The summed E-state index contributed by atoms with van der Waals surface area (Å²) in [6.45, 7) is 0.655. The summed E-state index contributed by atoms with van der Waals surface area (Å²) in [5.41, 5.74) is 2.41. The third-order valence-electron chi connectivity index (χ3n) is 3.03. The van der Waals surface area contributed by atoms with E-state index in [-0.39, 0.29) is 23.4 Å². The largest absolute Gasteiger partial charge is 0.464 e. The summed E-state index contributed by atoms with van der Waals surface area (Å²) < 4.78 is 10.1. The van der Waals surface area contributed by atoms with Gasteiger partial charge in [0.15, 0.2) is 0 Å². The van der Waals surface area contributed by atoms with Crippen LogP contribution in [0, 0.1) is 0 Å². The molecule has 0 amide bonds. The number of esters is 2. The molecule has 8 heteroatoms. The summed E-state index contributed by atoms with van der Waals surface area (Å²) in [4.78, 5) is 25.4. The van der Waals surface area contributed by atoms with Crippen molar-refractivity contribution in [3.63, 3.8) is 0 Å². The van der Waals surface area contributed by atoms with Crippen LogP contribution >= 0.6 is 48.8 Å². The van der Waals surface area contributed by atoms with Gasteiger partial charge < -0.3 is 9.47 Å². The number of carbonyl (C=O) groups excluding carboxylic acids is 2. The van der Waals surface area contributed by atoms with Gasteiger partial charge in [-0.05, 0) is 17.6 Å². The van der Waals surface area contributed by atoms with Crippen LogP contribution in [0.4, 0.5) is 0 Å². The van der Waals surface area contributed by atoms with E-state index >= 15 is 0 Å². The molecule has 0 aromatic rings. The minimum atomic E-state index is -0.244. The van der Waals surface area contributed by atoms with Crippen LogP contribution in [0.15, 0.2) is 33.1 Å². The molecule has 0 fully saturated rings. The SMILES string of the molecule is O=C(CSC1=C2C=CC(=C1SCC(=O)OCCS)C2)OCCS. The highest BCUT2D eigenvalue weighted by molar-refractivity contribution is 8.09. The monoisotopic (exact) mass is 390 g/mol. The molecular formula is C15H18O4S4. The van der Waals surface area contributed by atoms with Crippen molar-refractivity contribution in [2.45, 2.75) is 6.42 Å². The minimum absolute atomic E-state index is 0.244. The fourth-order valence-corrected chi connectivity index (χ4v) is 4.51. The molecule has 0 radical (unpaired) electrons. The number of hydrogen-bond donors (Lipinski definition) is 2. The molecule has 23 heavy (non-hydrogen) atoms. The molecule has 2 bridgehead atoms. The lowest BCUT2D eigenvalue weighted by Gasteiger charge is -2.12. The summed E-state index contributed by atoms with van der Waals surface area (Å²) >= 11 is 11.0. The quantitative estimate of drug-likeness (QED) is 0.442. The van der Waals surface area contributed by atoms with E-state index in [1.165, 1.54) is 34.7 Å². The number of thiol groups is 2. The second kappa shape index (κ2) is 9.76. The fraction of sp³-hybridized carbons (Fsp3) is 0.467. The second-order valence-corrected chi connectivity index (χ2v) is 7.55. The molecule has 2 rings (SSSR count). The Morgan fingerprint density at radius 2 is 1.35 bits per heavy atom. The van der Waals surface area contributed by atoms with Gasteiger partial charge in [-0.2, -0.15) is 25.3 Å². The Morgan fingerprint density at radius 3 is 1.74 bits per heavy atom. The first-order chi connectivity index (χ1) is 11.2. The molecule has 0 saturated carbocycles. The molecule has 4 nitrogen and oxygen atoms in total. The molecule has 0 unspecified atom stereocenters. The standard InChI is InChI=1S/C15H18O4S4/c16-12(18-3-5-20)8-22-14-10-1-2-11(7-10)15(14)23-9-13(17)19-4-6-21/h1-2,20-21H,3-9H2. The van der Waals surface area contributed by atoms with Crippen molar-refractivity contribution in [2.24, 2.45) is 0 Å². The van der Waals surface area contributed by atoms with Crippen molar-refractivity contribution in [1.82, 2.24) is 0 Å². The first-order valence-corrected chi connectivity index (χ1v) is 10.3. The number of hydrogen-bond acceptors (Lipinski definition) is 8.